The number of pyridine rings is 1. The monoisotopic (exact) mass is 932 g/mol. The summed E-state index contributed by atoms with van der Waals surface area (Å²) in [6, 6.07) is 46.0. The Morgan fingerprint density at radius 3 is 2.02 bits per heavy atom. The number of aromatic nitrogens is 2. The summed E-state index contributed by atoms with van der Waals surface area (Å²) in [7, 11) is 0. The van der Waals surface area contributed by atoms with Gasteiger partial charge in [-0.15, -0.1) is 48.1 Å². The molecule has 3 heterocycles. The van der Waals surface area contributed by atoms with Crippen LogP contribution in [-0.4, -0.2) is 9.55 Å². The predicted molar refractivity (Wildman–Crippen MR) is 234 cm³/mol. The van der Waals surface area contributed by atoms with E-state index in [0.29, 0.717) is 11.5 Å². The van der Waals surface area contributed by atoms with Crippen LogP contribution in [0.3, 0.4) is 0 Å². The standard InChI is InChI=1S/C51H53N4O.Pt/c1-48(2,3)34-22-25-44-46(29-34)54(33-53(44)37-17-14-16-36(28-37)51(10,11)50(7,8)9)38-18-15-19-39(31-38)56-40-23-24-42-41-20-12-13-21-43(41)55(45(42)32-40)47-30-35(26-27-52-47)49(4,5)6;/h12-30,33H,1-11H3;/q-3;. The SMILES string of the molecule is CC(C)(C)c1ccnc(-n2c3[c-]c(Oc4[c-]c(N5[CH-]N(c6cccc(C(C)(C)C(C)(C)C)c6)c6ccc(C(C)(C)C)cc65)ccc4)ccc3c3ccccc32)c1.[Pt]. The van der Waals surface area contributed by atoms with Crippen LogP contribution in [-0.2, 0) is 37.3 Å². The fraction of sp³-hybridized carbons (Fsp3) is 0.294. The van der Waals surface area contributed by atoms with Crippen LogP contribution in [0, 0.1) is 24.2 Å². The molecule has 0 bridgehead atoms. The molecule has 8 rings (SSSR count). The molecule has 0 amide bonds. The quantitative estimate of drug-likeness (QED) is 0.156. The molecule has 2 aromatic heterocycles. The molecule has 0 N–H and O–H groups in total. The number of ether oxygens (including phenoxy) is 1. The van der Waals surface area contributed by atoms with E-state index in [0.717, 1.165) is 50.4 Å². The van der Waals surface area contributed by atoms with E-state index in [-0.39, 0.29) is 42.7 Å². The van der Waals surface area contributed by atoms with Crippen molar-refractivity contribution in [1.82, 2.24) is 9.55 Å². The molecule has 7 aromatic rings. The van der Waals surface area contributed by atoms with Gasteiger partial charge in [-0.2, -0.15) is 12.1 Å². The van der Waals surface area contributed by atoms with Gasteiger partial charge in [0.25, 0.3) is 0 Å². The second kappa shape index (κ2) is 14.5. The average molecular weight is 933 g/mol. The van der Waals surface area contributed by atoms with Gasteiger partial charge in [-0.25, -0.2) is 4.98 Å². The molecule has 1 aliphatic rings. The number of hydrogen-bond acceptors (Lipinski definition) is 4. The summed E-state index contributed by atoms with van der Waals surface area (Å²) in [4.78, 5) is 9.38. The molecule has 1 aliphatic heterocycles. The molecule has 0 saturated carbocycles. The molecule has 0 fully saturated rings. The van der Waals surface area contributed by atoms with Gasteiger partial charge in [-0.1, -0.05) is 118 Å². The van der Waals surface area contributed by atoms with Crippen LogP contribution >= 0.6 is 0 Å². The van der Waals surface area contributed by atoms with Crippen LogP contribution in [0.15, 0.2) is 115 Å². The average Bonchev–Trinajstić information content (AvgIpc) is 3.70. The molecule has 6 heteroatoms. The van der Waals surface area contributed by atoms with Crippen LogP contribution in [0.25, 0.3) is 27.6 Å². The molecule has 0 spiro atoms. The van der Waals surface area contributed by atoms with Crippen molar-refractivity contribution in [3.63, 3.8) is 0 Å². The molecule has 0 saturated heterocycles. The molecule has 0 aliphatic carbocycles. The van der Waals surface area contributed by atoms with Gasteiger partial charge in [0.05, 0.1) is 0 Å². The molecule has 296 valence electrons. The third-order valence-electron chi connectivity index (χ3n) is 11.9. The molecule has 57 heavy (non-hydrogen) atoms. The number of nitrogens with zero attached hydrogens (tertiary/aromatic N) is 4. The fourth-order valence-corrected chi connectivity index (χ4v) is 7.44. The minimum absolute atomic E-state index is 0. The first kappa shape index (κ1) is 40.3. The van der Waals surface area contributed by atoms with E-state index in [9.17, 15) is 0 Å². The van der Waals surface area contributed by atoms with E-state index in [1.165, 1.54) is 16.7 Å². The normalized spacial score (nSPS) is 13.6. The van der Waals surface area contributed by atoms with Crippen molar-refractivity contribution >= 4 is 44.6 Å². The first-order valence-electron chi connectivity index (χ1n) is 19.7. The summed E-state index contributed by atoms with van der Waals surface area (Å²) in [6.45, 7) is 27.3. The Morgan fingerprint density at radius 1 is 0.579 bits per heavy atom. The molecule has 0 atom stereocenters. The summed E-state index contributed by atoms with van der Waals surface area (Å²) >= 11 is 0. The van der Waals surface area contributed by atoms with Crippen molar-refractivity contribution < 1.29 is 25.8 Å². The van der Waals surface area contributed by atoms with Gasteiger partial charge in [0.2, 0.25) is 0 Å². The topological polar surface area (TPSA) is 33.5 Å². The third kappa shape index (κ3) is 7.40. The summed E-state index contributed by atoms with van der Waals surface area (Å²) in [5.74, 6) is 2.09. The molecule has 0 radical (unpaired) electrons. The number of anilines is 4. The molecule has 5 nitrogen and oxygen atoms in total. The Morgan fingerprint density at radius 2 is 1.28 bits per heavy atom. The van der Waals surface area contributed by atoms with E-state index in [4.69, 9.17) is 9.72 Å². The summed E-state index contributed by atoms with van der Waals surface area (Å²) in [5.41, 5.74) is 10.1. The molecular formula is C51H53N4OPt-3. The predicted octanol–water partition coefficient (Wildman–Crippen LogP) is 13.9. The van der Waals surface area contributed by atoms with Crippen LogP contribution in [0.1, 0.15) is 92.9 Å². The molecule has 5 aromatic carbocycles. The van der Waals surface area contributed by atoms with Crippen molar-refractivity contribution in [2.24, 2.45) is 5.41 Å². The van der Waals surface area contributed by atoms with E-state index in [2.05, 4.69) is 200 Å². The van der Waals surface area contributed by atoms with E-state index in [1.807, 2.05) is 24.4 Å². The fourth-order valence-electron chi connectivity index (χ4n) is 7.44. The maximum Gasteiger partial charge on any atom is 0.135 e. The van der Waals surface area contributed by atoms with Crippen molar-refractivity contribution in [2.45, 2.75) is 92.4 Å². The van der Waals surface area contributed by atoms with Gasteiger partial charge in [-0.3, -0.25) is 0 Å². The van der Waals surface area contributed by atoms with Crippen LogP contribution < -0.4 is 14.5 Å². The smallest absolute Gasteiger partial charge is 0.135 e. The van der Waals surface area contributed by atoms with Gasteiger partial charge >= 0.3 is 0 Å². The van der Waals surface area contributed by atoms with Crippen molar-refractivity contribution in [3.8, 4) is 17.3 Å². The van der Waals surface area contributed by atoms with Gasteiger partial charge in [0.15, 0.2) is 0 Å². The Balaban J connectivity index is 0.00000496. The van der Waals surface area contributed by atoms with E-state index < -0.39 is 0 Å². The summed E-state index contributed by atoms with van der Waals surface area (Å²) < 4.78 is 8.81. The minimum Gasteiger partial charge on any atom is -0.509 e. The number of benzene rings is 5. The number of hydrogen-bond donors (Lipinski definition) is 0. The Bertz CT molecular complexity index is 2600. The zero-order valence-electron chi connectivity index (χ0n) is 35.1. The Kier molecular flexibility index (Phi) is 10.3. The van der Waals surface area contributed by atoms with Crippen molar-refractivity contribution in [1.29, 1.82) is 0 Å². The first-order chi connectivity index (χ1) is 26.4. The van der Waals surface area contributed by atoms with Gasteiger partial charge in [0.1, 0.15) is 5.82 Å². The zero-order valence-corrected chi connectivity index (χ0v) is 37.3. The van der Waals surface area contributed by atoms with Crippen molar-refractivity contribution in [3.05, 3.63) is 151 Å². The van der Waals surface area contributed by atoms with Crippen LogP contribution in [0.4, 0.5) is 22.7 Å². The number of rotatable bonds is 6. The minimum atomic E-state index is -0.0256. The summed E-state index contributed by atoms with van der Waals surface area (Å²) in [5, 5.41) is 2.25. The first-order valence-corrected chi connectivity index (χ1v) is 19.7. The third-order valence-corrected chi connectivity index (χ3v) is 11.9. The number of para-hydroxylation sites is 1. The van der Waals surface area contributed by atoms with Crippen LogP contribution in [0.2, 0.25) is 0 Å². The van der Waals surface area contributed by atoms with Crippen LogP contribution in [0.5, 0.6) is 11.5 Å². The maximum atomic E-state index is 6.62. The Labute approximate surface area is 354 Å². The largest absolute Gasteiger partial charge is 0.509 e. The van der Waals surface area contributed by atoms with E-state index >= 15 is 0 Å². The molecular weight excluding hydrogens is 880 g/mol. The molecule has 0 unspecified atom stereocenters. The second-order valence-electron chi connectivity index (χ2n) is 18.8. The zero-order chi connectivity index (χ0) is 39.8. The van der Waals surface area contributed by atoms with Gasteiger partial charge < -0.3 is 19.1 Å². The summed E-state index contributed by atoms with van der Waals surface area (Å²) in [6.07, 6.45) is 1.90. The van der Waals surface area contributed by atoms with E-state index in [1.54, 1.807) is 0 Å². The van der Waals surface area contributed by atoms with Gasteiger partial charge in [-0.05, 0) is 86.2 Å². The Hall–Kier alpha value is -4.86. The second-order valence-corrected chi connectivity index (χ2v) is 18.8. The van der Waals surface area contributed by atoms with Gasteiger partial charge in [0, 0.05) is 61.3 Å². The van der Waals surface area contributed by atoms with Crippen molar-refractivity contribution in [2.75, 3.05) is 9.80 Å². The maximum absolute atomic E-state index is 6.62. The number of fused-ring (bicyclic) bond motifs is 4.